The van der Waals surface area contributed by atoms with E-state index in [0.717, 1.165) is 18.6 Å². The van der Waals surface area contributed by atoms with E-state index in [1.165, 1.54) is 4.31 Å². The van der Waals surface area contributed by atoms with Gasteiger partial charge < -0.3 is 9.52 Å². The van der Waals surface area contributed by atoms with Crippen LogP contribution in [0.2, 0.25) is 0 Å². The Bertz CT molecular complexity index is 540. The highest BCUT2D eigenvalue weighted by Gasteiger charge is 2.30. The number of rotatable bonds is 5. The summed E-state index contributed by atoms with van der Waals surface area (Å²) in [6.45, 7) is 4.47. The number of nitrogens with zero attached hydrogens (tertiary/aromatic N) is 1. The molecule has 1 aliphatic heterocycles. The molecule has 0 spiro atoms. The van der Waals surface area contributed by atoms with Crippen molar-refractivity contribution < 1.29 is 17.9 Å². The third-order valence-corrected chi connectivity index (χ3v) is 5.26. The number of aliphatic hydroxyl groups excluding tert-OH is 1. The third kappa shape index (κ3) is 3.60. The summed E-state index contributed by atoms with van der Waals surface area (Å²) >= 11 is 0. The zero-order valence-electron chi connectivity index (χ0n) is 11.9. The van der Waals surface area contributed by atoms with Crippen molar-refractivity contribution in [2.45, 2.75) is 32.7 Å². The van der Waals surface area contributed by atoms with E-state index >= 15 is 0 Å². The number of piperidine rings is 1. The van der Waals surface area contributed by atoms with Gasteiger partial charge in [0.1, 0.15) is 11.5 Å². The summed E-state index contributed by atoms with van der Waals surface area (Å²) < 4.78 is 34.1. The molecule has 0 saturated carbocycles. The maximum atomic E-state index is 12.3. The summed E-state index contributed by atoms with van der Waals surface area (Å²) in [6, 6.07) is 3.17. The van der Waals surface area contributed by atoms with Crippen molar-refractivity contribution in [3.05, 3.63) is 23.7 Å². The summed E-state index contributed by atoms with van der Waals surface area (Å²) in [5, 5.41) is 9.18. The van der Waals surface area contributed by atoms with Gasteiger partial charge in [0.2, 0.25) is 0 Å². The van der Waals surface area contributed by atoms with Crippen molar-refractivity contribution in [2.24, 2.45) is 5.92 Å². The van der Waals surface area contributed by atoms with Gasteiger partial charge in [-0.05, 0) is 44.7 Å². The minimum Gasteiger partial charge on any atom is -0.465 e. The van der Waals surface area contributed by atoms with Crippen molar-refractivity contribution in [2.75, 3.05) is 19.7 Å². The van der Waals surface area contributed by atoms with Crippen LogP contribution in [0.5, 0.6) is 0 Å². The van der Waals surface area contributed by atoms with E-state index in [-0.39, 0.29) is 12.5 Å². The molecular weight excluding hydrogens is 280 g/mol. The van der Waals surface area contributed by atoms with Gasteiger partial charge in [0.25, 0.3) is 10.2 Å². The van der Waals surface area contributed by atoms with Crippen LogP contribution in [0.3, 0.4) is 0 Å². The van der Waals surface area contributed by atoms with Crippen LogP contribution in [0.1, 0.15) is 37.3 Å². The highest BCUT2D eigenvalue weighted by Crippen LogP contribution is 2.21. The minimum absolute atomic E-state index is 0.0267. The van der Waals surface area contributed by atoms with Crippen LogP contribution < -0.4 is 4.72 Å². The Hall–Kier alpha value is -0.890. The highest BCUT2D eigenvalue weighted by atomic mass is 32.2. The van der Waals surface area contributed by atoms with Crippen molar-refractivity contribution >= 4 is 10.2 Å². The van der Waals surface area contributed by atoms with Crippen molar-refractivity contribution in [1.29, 1.82) is 0 Å². The molecule has 0 bridgehead atoms. The van der Waals surface area contributed by atoms with E-state index in [1.54, 1.807) is 13.0 Å². The van der Waals surface area contributed by atoms with E-state index in [2.05, 4.69) is 4.72 Å². The minimum atomic E-state index is -3.55. The molecule has 2 rings (SSSR count). The molecule has 2 N–H and O–H groups in total. The van der Waals surface area contributed by atoms with Crippen molar-refractivity contribution in [3.8, 4) is 0 Å². The van der Waals surface area contributed by atoms with Gasteiger partial charge in [0, 0.05) is 19.7 Å². The van der Waals surface area contributed by atoms with E-state index in [1.807, 2.05) is 13.0 Å². The number of hydrogen-bond donors (Lipinski definition) is 2. The Morgan fingerprint density at radius 1 is 1.55 bits per heavy atom. The van der Waals surface area contributed by atoms with Crippen LogP contribution in [0.15, 0.2) is 16.5 Å². The maximum absolute atomic E-state index is 12.3. The van der Waals surface area contributed by atoms with Crippen LogP contribution in [0, 0.1) is 12.8 Å². The Balaban J connectivity index is 2.03. The Labute approximate surface area is 120 Å². The summed E-state index contributed by atoms with van der Waals surface area (Å²) in [5.74, 6) is 1.38. The van der Waals surface area contributed by atoms with Gasteiger partial charge in [0.05, 0.1) is 6.04 Å². The van der Waals surface area contributed by atoms with Crippen LogP contribution in [-0.4, -0.2) is 37.5 Å². The van der Waals surface area contributed by atoms with E-state index in [0.29, 0.717) is 18.8 Å². The molecule has 6 nitrogen and oxygen atoms in total. The standard InChI is InChI=1S/C13H22N2O4S/c1-10-5-6-13(19-10)11(2)14-20(17,18)15-7-3-4-12(8-15)9-16/h5-6,11-12,14,16H,3-4,7-9H2,1-2H3. The first kappa shape index (κ1) is 15.5. The van der Waals surface area contributed by atoms with Gasteiger partial charge in [-0.15, -0.1) is 0 Å². The predicted molar refractivity (Wildman–Crippen MR) is 75.3 cm³/mol. The first-order valence-corrected chi connectivity index (χ1v) is 8.31. The number of furan rings is 1. The first-order valence-electron chi connectivity index (χ1n) is 6.87. The molecule has 0 aromatic carbocycles. The Morgan fingerprint density at radius 2 is 2.30 bits per heavy atom. The molecule has 1 aromatic rings. The molecule has 2 unspecified atom stereocenters. The lowest BCUT2D eigenvalue weighted by atomic mass is 10.0. The lowest BCUT2D eigenvalue weighted by molar-refractivity contribution is 0.164. The molecule has 0 radical (unpaired) electrons. The fourth-order valence-corrected chi connectivity index (χ4v) is 3.92. The van der Waals surface area contributed by atoms with Crippen LogP contribution >= 0.6 is 0 Å². The van der Waals surface area contributed by atoms with Crippen LogP contribution in [0.25, 0.3) is 0 Å². The topological polar surface area (TPSA) is 82.8 Å². The molecule has 1 fully saturated rings. The van der Waals surface area contributed by atoms with E-state index in [9.17, 15) is 13.5 Å². The zero-order chi connectivity index (χ0) is 14.8. The molecule has 1 aromatic heterocycles. The second-order valence-electron chi connectivity index (χ2n) is 5.34. The third-order valence-electron chi connectivity index (χ3n) is 3.59. The first-order chi connectivity index (χ1) is 9.42. The molecule has 7 heteroatoms. The molecule has 1 aliphatic rings. The molecule has 20 heavy (non-hydrogen) atoms. The predicted octanol–water partition coefficient (Wildman–Crippen LogP) is 1.19. The van der Waals surface area contributed by atoms with Gasteiger partial charge in [-0.1, -0.05) is 0 Å². The second kappa shape index (κ2) is 6.26. The highest BCUT2D eigenvalue weighted by molar-refractivity contribution is 7.87. The smallest absolute Gasteiger partial charge is 0.280 e. The van der Waals surface area contributed by atoms with Crippen molar-refractivity contribution in [3.63, 3.8) is 0 Å². The van der Waals surface area contributed by atoms with Crippen LogP contribution in [-0.2, 0) is 10.2 Å². The SMILES string of the molecule is Cc1ccc(C(C)NS(=O)(=O)N2CCCC(CO)C2)o1. The second-order valence-corrected chi connectivity index (χ2v) is 7.04. The lowest BCUT2D eigenvalue weighted by Crippen LogP contribution is -2.47. The van der Waals surface area contributed by atoms with Gasteiger partial charge in [-0.25, -0.2) is 0 Å². The summed E-state index contributed by atoms with van der Waals surface area (Å²) in [4.78, 5) is 0. The van der Waals surface area contributed by atoms with E-state index < -0.39 is 16.3 Å². The van der Waals surface area contributed by atoms with Crippen LogP contribution in [0.4, 0.5) is 0 Å². The molecule has 0 amide bonds. The largest absolute Gasteiger partial charge is 0.465 e. The number of nitrogens with one attached hydrogen (secondary N) is 1. The number of hydrogen-bond acceptors (Lipinski definition) is 4. The average Bonchev–Trinajstić information content (AvgIpc) is 2.85. The van der Waals surface area contributed by atoms with Crippen molar-refractivity contribution in [1.82, 2.24) is 9.03 Å². The molecule has 2 heterocycles. The molecule has 114 valence electrons. The summed E-state index contributed by atoms with van der Waals surface area (Å²) in [6.07, 6.45) is 1.65. The Kier molecular flexibility index (Phi) is 4.85. The van der Waals surface area contributed by atoms with Gasteiger partial charge in [-0.3, -0.25) is 0 Å². The molecule has 0 aliphatic carbocycles. The van der Waals surface area contributed by atoms with E-state index in [4.69, 9.17) is 4.42 Å². The van der Waals surface area contributed by atoms with Gasteiger partial charge >= 0.3 is 0 Å². The summed E-state index contributed by atoms with van der Waals surface area (Å²) in [7, 11) is -3.55. The fourth-order valence-electron chi connectivity index (χ4n) is 2.44. The maximum Gasteiger partial charge on any atom is 0.280 e. The van der Waals surface area contributed by atoms with Gasteiger partial charge in [-0.2, -0.15) is 17.4 Å². The Morgan fingerprint density at radius 3 is 2.90 bits per heavy atom. The van der Waals surface area contributed by atoms with Gasteiger partial charge in [0.15, 0.2) is 0 Å². The average molecular weight is 302 g/mol. The molecular formula is C13H22N2O4S. The number of aryl methyl sites for hydroxylation is 1. The molecule has 2 atom stereocenters. The summed E-state index contributed by atoms with van der Waals surface area (Å²) in [5.41, 5.74) is 0. The lowest BCUT2D eigenvalue weighted by Gasteiger charge is -2.31. The zero-order valence-corrected chi connectivity index (χ0v) is 12.7. The monoisotopic (exact) mass is 302 g/mol. The fraction of sp³-hybridized carbons (Fsp3) is 0.692. The normalized spacial score (nSPS) is 22.9. The molecule has 1 saturated heterocycles. The number of aliphatic hydroxyl groups is 1. The quantitative estimate of drug-likeness (QED) is 0.856.